The van der Waals surface area contributed by atoms with E-state index in [9.17, 15) is 9.59 Å². The zero-order valence-electron chi connectivity index (χ0n) is 14.3. The molecular formula is C19H22N4O2. The summed E-state index contributed by atoms with van der Waals surface area (Å²) in [4.78, 5) is 34.8. The van der Waals surface area contributed by atoms with Crippen molar-refractivity contribution in [3.8, 4) is 0 Å². The number of hydrogen-bond acceptors (Lipinski definition) is 4. The Morgan fingerprint density at radius 3 is 2.76 bits per heavy atom. The van der Waals surface area contributed by atoms with E-state index in [1.54, 1.807) is 4.90 Å². The van der Waals surface area contributed by atoms with Gasteiger partial charge in [0.2, 0.25) is 5.91 Å². The number of nitrogens with zero attached hydrogens (tertiary/aromatic N) is 3. The Morgan fingerprint density at radius 2 is 2.04 bits per heavy atom. The fourth-order valence-corrected chi connectivity index (χ4v) is 3.10. The second-order valence-corrected chi connectivity index (χ2v) is 6.32. The Labute approximate surface area is 147 Å². The van der Waals surface area contributed by atoms with Crippen LogP contribution in [0.5, 0.6) is 0 Å². The van der Waals surface area contributed by atoms with Gasteiger partial charge in [-0.1, -0.05) is 30.3 Å². The molecule has 0 radical (unpaired) electrons. The maximum atomic E-state index is 12.6. The summed E-state index contributed by atoms with van der Waals surface area (Å²) in [6.45, 7) is 3.04. The van der Waals surface area contributed by atoms with Gasteiger partial charge in [-0.15, -0.1) is 0 Å². The molecule has 6 heteroatoms. The van der Waals surface area contributed by atoms with E-state index in [-0.39, 0.29) is 23.8 Å². The lowest BCUT2D eigenvalue weighted by Crippen LogP contribution is -2.46. The van der Waals surface area contributed by atoms with Gasteiger partial charge in [0.05, 0.1) is 18.2 Å². The van der Waals surface area contributed by atoms with E-state index in [0.29, 0.717) is 18.8 Å². The topological polar surface area (TPSA) is 75.2 Å². The average Bonchev–Trinajstić information content (AvgIpc) is 2.68. The van der Waals surface area contributed by atoms with Crippen molar-refractivity contribution >= 4 is 11.8 Å². The van der Waals surface area contributed by atoms with Crippen LogP contribution in [-0.2, 0) is 4.79 Å². The number of nitrogens with one attached hydrogen (secondary N) is 1. The first kappa shape index (κ1) is 17.1. The van der Waals surface area contributed by atoms with Crippen molar-refractivity contribution in [3.63, 3.8) is 0 Å². The first-order chi connectivity index (χ1) is 12.1. The van der Waals surface area contributed by atoms with Crippen molar-refractivity contribution in [2.75, 3.05) is 13.1 Å². The van der Waals surface area contributed by atoms with Crippen molar-refractivity contribution in [1.82, 2.24) is 20.2 Å². The summed E-state index contributed by atoms with van der Waals surface area (Å²) >= 11 is 0. The summed E-state index contributed by atoms with van der Waals surface area (Å²) < 4.78 is 0. The Balaban J connectivity index is 1.61. The van der Waals surface area contributed by atoms with Crippen LogP contribution in [0.2, 0.25) is 0 Å². The van der Waals surface area contributed by atoms with E-state index in [1.807, 2.05) is 37.3 Å². The molecule has 2 heterocycles. The molecule has 25 heavy (non-hydrogen) atoms. The number of likely N-dealkylation sites (tertiary alicyclic amines) is 1. The van der Waals surface area contributed by atoms with Crippen molar-refractivity contribution in [1.29, 1.82) is 0 Å². The van der Waals surface area contributed by atoms with Gasteiger partial charge in [-0.25, -0.2) is 4.98 Å². The first-order valence-electron chi connectivity index (χ1n) is 8.56. The molecule has 2 amide bonds. The van der Waals surface area contributed by atoms with Gasteiger partial charge in [0, 0.05) is 25.5 Å². The SMILES string of the molecule is CC(NC(=O)C1CCCN(C(=O)c2cnccn2)C1)c1ccccc1. The molecule has 1 saturated heterocycles. The van der Waals surface area contributed by atoms with E-state index in [2.05, 4.69) is 15.3 Å². The van der Waals surface area contributed by atoms with Crippen LogP contribution < -0.4 is 5.32 Å². The normalized spacial score (nSPS) is 18.4. The Hall–Kier alpha value is -2.76. The van der Waals surface area contributed by atoms with Crippen LogP contribution in [-0.4, -0.2) is 39.8 Å². The summed E-state index contributed by atoms with van der Waals surface area (Å²) in [7, 11) is 0. The molecule has 1 aliphatic heterocycles. The van der Waals surface area contributed by atoms with Gasteiger partial charge in [0.15, 0.2) is 0 Å². The number of hydrogen-bond donors (Lipinski definition) is 1. The van der Waals surface area contributed by atoms with Gasteiger partial charge in [-0.3, -0.25) is 14.6 Å². The van der Waals surface area contributed by atoms with Crippen LogP contribution in [0.1, 0.15) is 41.9 Å². The highest BCUT2D eigenvalue weighted by Gasteiger charge is 2.30. The maximum Gasteiger partial charge on any atom is 0.274 e. The number of carbonyl (C=O) groups is 2. The van der Waals surface area contributed by atoms with Crippen molar-refractivity contribution in [3.05, 3.63) is 60.2 Å². The largest absolute Gasteiger partial charge is 0.349 e. The summed E-state index contributed by atoms with van der Waals surface area (Å²) in [6.07, 6.45) is 6.10. The molecule has 1 aliphatic rings. The van der Waals surface area contributed by atoms with Crippen LogP contribution >= 0.6 is 0 Å². The summed E-state index contributed by atoms with van der Waals surface area (Å²) in [6, 6.07) is 9.81. The third kappa shape index (κ3) is 4.21. The molecule has 2 atom stereocenters. The summed E-state index contributed by atoms with van der Waals surface area (Å²) in [5.41, 5.74) is 1.39. The molecule has 0 saturated carbocycles. The van der Waals surface area contributed by atoms with E-state index in [0.717, 1.165) is 18.4 Å². The number of amides is 2. The van der Waals surface area contributed by atoms with E-state index in [1.165, 1.54) is 18.6 Å². The molecule has 0 bridgehead atoms. The number of piperidine rings is 1. The van der Waals surface area contributed by atoms with Crippen molar-refractivity contribution in [2.24, 2.45) is 5.92 Å². The van der Waals surface area contributed by atoms with E-state index in [4.69, 9.17) is 0 Å². The molecule has 0 aliphatic carbocycles. The van der Waals surface area contributed by atoms with Crippen molar-refractivity contribution in [2.45, 2.75) is 25.8 Å². The van der Waals surface area contributed by atoms with Crippen LogP contribution in [0.15, 0.2) is 48.9 Å². The van der Waals surface area contributed by atoms with E-state index < -0.39 is 0 Å². The summed E-state index contributed by atoms with van der Waals surface area (Å²) in [5.74, 6) is -0.366. The number of aromatic nitrogens is 2. The van der Waals surface area contributed by atoms with Crippen LogP contribution in [0.25, 0.3) is 0 Å². The fraction of sp³-hybridized carbons (Fsp3) is 0.368. The molecular weight excluding hydrogens is 316 g/mol. The van der Waals surface area contributed by atoms with Gasteiger partial charge >= 0.3 is 0 Å². The van der Waals surface area contributed by atoms with E-state index >= 15 is 0 Å². The number of carbonyl (C=O) groups excluding carboxylic acids is 2. The molecule has 6 nitrogen and oxygen atoms in total. The maximum absolute atomic E-state index is 12.6. The van der Waals surface area contributed by atoms with Gasteiger partial charge in [0.1, 0.15) is 5.69 Å². The number of rotatable bonds is 4. The van der Waals surface area contributed by atoms with Crippen LogP contribution in [0.3, 0.4) is 0 Å². The Bertz CT molecular complexity index is 721. The molecule has 1 fully saturated rings. The minimum atomic E-state index is -0.194. The van der Waals surface area contributed by atoms with Gasteiger partial charge in [0.25, 0.3) is 5.91 Å². The highest BCUT2D eigenvalue weighted by molar-refractivity contribution is 5.92. The highest BCUT2D eigenvalue weighted by atomic mass is 16.2. The fourth-order valence-electron chi connectivity index (χ4n) is 3.10. The predicted octanol–water partition coefficient (Wildman–Crippen LogP) is 2.21. The second kappa shape index (κ2) is 7.88. The van der Waals surface area contributed by atoms with Gasteiger partial charge in [-0.05, 0) is 25.3 Å². The minimum Gasteiger partial charge on any atom is -0.349 e. The monoisotopic (exact) mass is 338 g/mol. The Kier molecular flexibility index (Phi) is 5.38. The van der Waals surface area contributed by atoms with Gasteiger partial charge in [-0.2, -0.15) is 0 Å². The predicted molar refractivity (Wildman–Crippen MR) is 93.7 cm³/mol. The lowest BCUT2D eigenvalue weighted by Gasteiger charge is -2.32. The lowest BCUT2D eigenvalue weighted by molar-refractivity contribution is -0.127. The van der Waals surface area contributed by atoms with Crippen LogP contribution in [0.4, 0.5) is 0 Å². The standard InChI is InChI=1S/C19H22N4O2/c1-14(15-6-3-2-4-7-15)22-18(24)16-8-5-11-23(13-16)19(25)17-12-20-9-10-21-17/h2-4,6-7,9-10,12,14,16H,5,8,11,13H2,1H3,(H,22,24). The lowest BCUT2D eigenvalue weighted by atomic mass is 9.96. The zero-order valence-corrected chi connectivity index (χ0v) is 14.3. The van der Waals surface area contributed by atoms with Gasteiger partial charge < -0.3 is 10.2 Å². The second-order valence-electron chi connectivity index (χ2n) is 6.32. The Morgan fingerprint density at radius 1 is 1.24 bits per heavy atom. The van der Waals surface area contributed by atoms with Crippen LogP contribution in [0, 0.1) is 5.92 Å². The zero-order chi connectivity index (χ0) is 17.6. The molecule has 3 rings (SSSR count). The molecule has 1 aromatic heterocycles. The first-order valence-corrected chi connectivity index (χ1v) is 8.56. The molecule has 1 aromatic carbocycles. The molecule has 130 valence electrons. The quantitative estimate of drug-likeness (QED) is 0.927. The third-order valence-electron chi connectivity index (χ3n) is 4.52. The molecule has 2 unspecified atom stereocenters. The average molecular weight is 338 g/mol. The highest BCUT2D eigenvalue weighted by Crippen LogP contribution is 2.20. The smallest absolute Gasteiger partial charge is 0.274 e. The molecule has 0 spiro atoms. The van der Waals surface area contributed by atoms with Crippen molar-refractivity contribution < 1.29 is 9.59 Å². The molecule has 1 N–H and O–H groups in total. The third-order valence-corrected chi connectivity index (χ3v) is 4.52. The minimum absolute atomic E-state index is 0.00648. The number of benzene rings is 1. The molecule has 2 aromatic rings. The summed E-state index contributed by atoms with van der Waals surface area (Å²) in [5, 5.41) is 3.06.